The lowest BCUT2D eigenvalue weighted by Crippen LogP contribution is -2.20. The lowest BCUT2D eigenvalue weighted by atomic mass is 9.78. The van der Waals surface area contributed by atoms with E-state index in [1.165, 1.54) is 62.9 Å². The third-order valence-electron chi connectivity index (χ3n) is 8.45. The maximum absolute atomic E-state index is 13.2. The first-order valence-corrected chi connectivity index (χ1v) is 12.7. The molecule has 0 bridgehead atoms. The largest absolute Gasteiger partial charge is 0.293 e. The highest BCUT2D eigenvalue weighted by Crippen LogP contribution is 2.42. The summed E-state index contributed by atoms with van der Waals surface area (Å²) in [5, 5.41) is 0. The average Bonchev–Trinajstić information content (AvgIpc) is 3.26. The third kappa shape index (κ3) is 3.18. The maximum Gasteiger partial charge on any atom is 0.170 e. The van der Waals surface area contributed by atoms with Crippen LogP contribution in [0, 0.1) is 0 Å². The Labute approximate surface area is 201 Å². The summed E-state index contributed by atoms with van der Waals surface area (Å²) in [5.41, 5.74) is 13.4. The van der Waals surface area contributed by atoms with E-state index in [4.69, 9.17) is 0 Å². The Kier molecular flexibility index (Phi) is 4.58. The van der Waals surface area contributed by atoms with Crippen molar-refractivity contribution in [3.63, 3.8) is 0 Å². The molecule has 0 N–H and O–H groups in total. The molecule has 0 heterocycles. The van der Waals surface area contributed by atoms with E-state index in [1.54, 1.807) is 0 Å². The maximum atomic E-state index is 13.2. The van der Waals surface area contributed by atoms with Crippen molar-refractivity contribution in [2.75, 3.05) is 0 Å². The minimum atomic E-state index is -0.0122. The highest BCUT2D eigenvalue weighted by Gasteiger charge is 2.30. The van der Waals surface area contributed by atoms with E-state index in [1.807, 2.05) is 18.2 Å². The van der Waals surface area contributed by atoms with E-state index in [0.29, 0.717) is 5.92 Å². The standard InChI is InChI=1S/C33H28O/c34-33-31-8-4-3-6-22(31)11-16-32(33)26-13-15-30-28(19-26)20-27-18-25(12-14-29(27)30)24-10-9-21-5-1-2-7-23(21)17-24/h1-8,12-15,18-19,24,32H,9-11,16-17,20H2. The number of Topliss-reactive ketones (excluding diaryl/α,β-unsaturated/α-hetero) is 1. The molecule has 34 heavy (non-hydrogen) atoms. The third-order valence-corrected chi connectivity index (χ3v) is 8.45. The number of benzene rings is 4. The van der Waals surface area contributed by atoms with Gasteiger partial charge < -0.3 is 0 Å². The van der Waals surface area contributed by atoms with Gasteiger partial charge in [-0.2, -0.15) is 0 Å². The summed E-state index contributed by atoms with van der Waals surface area (Å²) in [6, 6.07) is 31.0. The molecule has 2 atom stereocenters. The van der Waals surface area contributed by atoms with Crippen LogP contribution in [-0.4, -0.2) is 5.78 Å². The predicted molar refractivity (Wildman–Crippen MR) is 138 cm³/mol. The van der Waals surface area contributed by atoms with Crippen LogP contribution in [0.4, 0.5) is 0 Å². The zero-order valence-corrected chi connectivity index (χ0v) is 19.4. The van der Waals surface area contributed by atoms with Gasteiger partial charge in [0, 0.05) is 11.5 Å². The highest BCUT2D eigenvalue weighted by atomic mass is 16.1. The monoisotopic (exact) mass is 440 g/mol. The summed E-state index contributed by atoms with van der Waals surface area (Å²) in [4.78, 5) is 13.2. The van der Waals surface area contributed by atoms with Crippen LogP contribution < -0.4 is 0 Å². The van der Waals surface area contributed by atoms with Crippen LogP contribution in [0.3, 0.4) is 0 Å². The van der Waals surface area contributed by atoms with Crippen LogP contribution in [0.2, 0.25) is 0 Å². The zero-order valence-electron chi connectivity index (χ0n) is 19.4. The van der Waals surface area contributed by atoms with Crippen LogP contribution in [0.15, 0.2) is 84.9 Å². The van der Waals surface area contributed by atoms with E-state index in [9.17, 15) is 4.79 Å². The first kappa shape index (κ1) is 20.0. The quantitative estimate of drug-likeness (QED) is 0.279. The van der Waals surface area contributed by atoms with Gasteiger partial charge in [0.25, 0.3) is 0 Å². The molecule has 0 spiro atoms. The molecule has 0 amide bonds. The molecular formula is C33H28O. The first-order chi connectivity index (χ1) is 16.7. The molecule has 0 fully saturated rings. The molecule has 4 aromatic rings. The van der Waals surface area contributed by atoms with Crippen molar-refractivity contribution in [2.45, 2.75) is 50.4 Å². The second-order valence-corrected chi connectivity index (χ2v) is 10.3. The molecule has 4 aromatic carbocycles. The number of hydrogen-bond donors (Lipinski definition) is 0. The van der Waals surface area contributed by atoms with Crippen LogP contribution >= 0.6 is 0 Å². The zero-order chi connectivity index (χ0) is 22.6. The van der Waals surface area contributed by atoms with E-state index >= 15 is 0 Å². The van der Waals surface area contributed by atoms with Crippen molar-refractivity contribution in [1.82, 2.24) is 0 Å². The average molecular weight is 441 g/mol. The number of carbonyl (C=O) groups excluding carboxylic acids is 1. The Bertz CT molecular complexity index is 1440. The lowest BCUT2D eigenvalue weighted by molar-refractivity contribution is 0.0946. The van der Waals surface area contributed by atoms with Gasteiger partial charge in [0.1, 0.15) is 0 Å². The van der Waals surface area contributed by atoms with Crippen molar-refractivity contribution in [2.24, 2.45) is 0 Å². The van der Waals surface area contributed by atoms with Gasteiger partial charge in [-0.3, -0.25) is 4.79 Å². The Balaban J connectivity index is 1.16. The summed E-state index contributed by atoms with van der Waals surface area (Å²) >= 11 is 0. The van der Waals surface area contributed by atoms with Crippen LogP contribution in [0.25, 0.3) is 11.1 Å². The number of fused-ring (bicyclic) bond motifs is 5. The molecule has 0 aromatic heterocycles. The van der Waals surface area contributed by atoms with Gasteiger partial charge in [-0.15, -0.1) is 0 Å². The van der Waals surface area contributed by atoms with Gasteiger partial charge in [-0.25, -0.2) is 0 Å². The van der Waals surface area contributed by atoms with Crippen molar-refractivity contribution in [1.29, 1.82) is 0 Å². The van der Waals surface area contributed by atoms with Crippen molar-refractivity contribution >= 4 is 5.78 Å². The molecule has 0 radical (unpaired) electrons. The lowest BCUT2D eigenvalue weighted by Gasteiger charge is -2.25. The van der Waals surface area contributed by atoms with Gasteiger partial charge in [-0.05, 0) is 94.5 Å². The molecule has 3 aliphatic carbocycles. The van der Waals surface area contributed by atoms with E-state index in [0.717, 1.165) is 31.2 Å². The number of ketones is 1. The van der Waals surface area contributed by atoms with Crippen LogP contribution in [0.1, 0.15) is 74.0 Å². The molecule has 2 unspecified atom stereocenters. The molecule has 3 aliphatic rings. The minimum absolute atomic E-state index is 0.0122. The molecule has 166 valence electrons. The van der Waals surface area contributed by atoms with Crippen molar-refractivity contribution in [3.8, 4) is 11.1 Å². The van der Waals surface area contributed by atoms with Gasteiger partial charge in [0.15, 0.2) is 5.78 Å². The fourth-order valence-electron chi connectivity index (χ4n) is 6.62. The summed E-state index contributed by atoms with van der Waals surface area (Å²) in [6.45, 7) is 0. The Morgan fingerprint density at radius 1 is 0.559 bits per heavy atom. The number of hydrogen-bond acceptors (Lipinski definition) is 1. The van der Waals surface area contributed by atoms with Crippen LogP contribution in [-0.2, 0) is 25.7 Å². The Morgan fingerprint density at radius 2 is 1.21 bits per heavy atom. The molecule has 0 saturated carbocycles. The Morgan fingerprint density at radius 3 is 2.03 bits per heavy atom. The van der Waals surface area contributed by atoms with E-state index < -0.39 is 0 Å². The first-order valence-electron chi connectivity index (χ1n) is 12.7. The highest BCUT2D eigenvalue weighted by molar-refractivity contribution is 6.03. The number of aryl methyl sites for hydroxylation is 2. The molecule has 0 saturated heterocycles. The smallest absolute Gasteiger partial charge is 0.170 e. The van der Waals surface area contributed by atoms with E-state index in [-0.39, 0.29) is 11.7 Å². The summed E-state index contributed by atoms with van der Waals surface area (Å²) in [6.07, 6.45) is 6.44. The minimum Gasteiger partial charge on any atom is -0.293 e. The fourth-order valence-corrected chi connectivity index (χ4v) is 6.62. The Hall–Kier alpha value is -3.45. The second kappa shape index (κ2) is 7.81. The van der Waals surface area contributed by atoms with E-state index in [2.05, 4.69) is 66.7 Å². The molecule has 1 heteroatoms. The summed E-state index contributed by atoms with van der Waals surface area (Å²) in [5.74, 6) is 0.887. The normalized spacial score (nSPS) is 20.3. The number of rotatable bonds is 2. The fraction of sp³-hybridized carbons (Fsp3) is 0.242. The predicted octanol–water partition coefficient (Wildman–Crippen LogP) is 7.44. The summed E-state index contributed by atoms with van der Waals surface area (Å²) in [7, 11) is 0. The topological polar surface area (TPSA) is 17.1 Å². The molecule has 7 rings (SSSR count). The van der Waals surface area contributed by atoms with Gasteiger partial charge >= 0.3 is 0 Å². The second-order valence-electron chi connectivity index (χ2n) is 10.3. The summed E-state index contributed by atoms with van der Waals surface area (Å²) < 4.78 is 0. The van der Waals surface area contributed by atoms with Crippen molar-refractivity contribution in [3.05, 3.63) is 129 Å². The SMILES string of the molecule is O=C1c2ccccc2CCC1c1ccc2c(c1)Cc1cc(C3CCc4ccccc4C3)ccc1-2. The molecule has 0 aliphatic heterocycles. The molecule has 1 nitrogen and oxygen atoms in total. The van der Waals surface area contributed by atoms with Gasteiger partial charge in [0.2, 0.25) is 0 Å². The van der Waals surface area contributed by atoms with Gasteiger partial charge in [-0.1, -0.05) is 84.9 Å². The number of carbonyl (C=O) groups is 1. The van der Waals surface area contributed by atoms with Crippen molar-refractivity contribution < 1.29 is 4.79 Å². The molecular weight excluding hydrogens is 412 g/mol. The van der Waals surface area contributed by atoms with Crippen LogP contribution in [0.5, 0.6) is 0 Å². The van der Waals surface area contributed by atoms with Gasteiger partial charge in [0.05, 0.1) is 0 Å².